The van der Waals surface area contributed by atoms with Crippen LogP contribution in [-0.4, -0.2) is 12.3 Å². The molecule has 7 aromatic rings. The zero-order valence-corrected chi connectivity index (χ0v) is 58.7. The average molecular weight is 1180 g/mol. The number of hydrogen-bond donors (Lipinski definition) is 0. The largest absolute Gasteiger partial charge is 0.334 e. The molecule has 3 heterocycles. The van der Waals surface area contributed by atoms with Gasteiger partial charge in [0.15, 0.2) is 0 Å². The lowest BCUT2D eigenvalue weighted by atomic mass is 9.33. The molecule has 1 saturated carbocycles. The molecule has 3 nitrogen and oxygen atoms in total. The molecule has 4 heteroatoms. The van der Waals surface area contributed by atoms with Crippen LogP contribution in [0.25, 0.3) is 11.1 Å². The normalized spacial score (nSPS) is 25.1. The fraction of sp³-hybridized carbons (Fsp3) is 0.506. The smallest absolute Gasteiger partial charge is 0.252 e. The monoisotopic (exact) mass is 1180 g/mol. The third-order valence-corrected chi connectivity index (χ3v) is 26.5. The van der Waals surface area contributed by atoms with Gasteiger partial charge in [-0.2, -0.15) is 0 Å². The first kappa shape index (κ1) is 59.3. The van der Waals surface area contributed by atoms with E-state index in [0.717, 1.165) is 6.42 Å². The van der Waals surface area contributed by atoms with Crippen LogP contribution in [0.2, 0.25) is 0 Å². The summed E-state index contributed by atoms with van der Waals surface area (Å²) >= 11 is 0. The van der Waals surface area contributed by atoms with E-state index in [1.54, 1.807) is 0 Å². The van der Waals surface area contributed by atoms with Crippen LogP contribution in [0.4, 0.5) is 45.5 Å². The van der Waals surface area contributed by atoms with Crippen molar-refractivity contribution in [2.24, 2.45) is 0 Å². The highest BCUT2D eigenvalue weighted by Crippen LogP contribution is 2.63. The average Bonchev–Trinajstić information content (AvgIpc) is 1.64. The van der Waals surface area contributed by atoms with Crippen molar-refractivity contribution in [1.29, 1.82) is 0 Å². The van der Waals surface area contributed by atoms with Gasteiger partial charge in [-0.15, -0.1) is 0 Å². The Morgan fingerprint density at radius 1 is 0.303 bits per heavy atom. The van der Waals surface area contributed by atoms with Crippen LogP contribution in [0, 0.1) is 20.8 Å². The molecule has 0 spiro atoms. The SMILES string of the molecule is Cc1cc2c3c(c1)N(c1cc4c(cc1C)C(C)(C)CCC4(C)C)c1cc4c(cc1B3c1ccc(N3c5ccc(-c6ccc7c(c6)C(C)(C)CCC7(C)C)cc5C5(C)CCCCC35C)cc1N2c1cc2c(cc1C)C(C)(C)CCC2(C)C)C(C)(C)CCC4(C)C. The van der Waals surface area contributed by atoms with Crippen molar-refractivity contribution in [2.75, 3.05) is 14.7 Å². The minimum Gasteiger partial charge on any atom is -0.334 e. The number of aryl methyl sites for hydroxylation is 3. The number of fused-ring (bicyclic) bond motifs is 11. The lowest BCUT2D eigenvalue weighted by molar-refractivity contribution is 0.195. The molecule has 462 valence electrons. The van der Waals surface area contributed by atoms with E-state index in [9.17, 15) is 0 Å². The van der Waals surface area contributed by atoms with Crippen LogP contribution < -0.4 is 31.1 Å². The quantitative estimate of drug-likeness (QED) is 0.163. The zero-order valence-electron chi connectivity index (χ0n) is 58.7. The lowest BCUT2D eigenvalue weighted by Gasteiger charge is -2.51. The van der Waals surface area contributed by atoms with E-state index in [1.165, 1.54) is 210 Å². The van der Waals surface area contributed by atoms with Crippen LogP contribution in [-0.2, 0) is 48.7 Å². The molecule has 2 atom stereocenters. The maximum absolute atomic E-state index is 2.87. The second kappa shape index (κ2) is 18.6. The summed E-state index contributed by atoms with van der Waals surface area (Å²) in [5, 5.41) is 0. The third-order valence-electron chi connectivity index (χ3n) is 26.5. The van der Waals surface area contributed by atoms with Crippen molar-refractivity contribution >= 4 is 68.6 Å². The molecule has 0 bridgehead atoms. The van der Waals surface area contributed by atoms with Gasteiger partial charge < -0.3 is 14.7 Å². The number of benzene rings is 7. The molecule has 5 aliphatic carbocycles. The molecule has 7 aromatic carbocycles. The Kier molecular flexibility index (Phi) is 12.4. The van der Waals surface area contributed by atoms with Crippen LogP contribution in [0.1, 0.15) is 268 Å². The molecule has 0 radical (unpaired) electrons. The van der Waals surface area contributed by atoms with Gasteiger partial charge in [-0.3, -0.25) is 0 Å². The zero-order chi connectivity index (χ0) is 63.2. The van der Waals surface area contributed by atoms with Crippen LogP contribution in [0.15, 0.2) is 103 Å². The van der Waals surface area contributed by atoms with Crippen LogP contribution in [0.5, 0.6) is 0 Å². The Morgan fingerprint density at radius 2 is 0.697 bits per heavy atom. The van der Waals surface area contributed by atoms with Crippen LogP contribution in [0.3, 0.4) is 0 Å². The number of anilines is 8. The van der Waals surface area contributed by atoms with E-state index in [2.05, 4.69) is 263 Å². The standard InChI is InChI=1S/C85H104BN3/c1-51-40-73-75-74(41-51)88(70-49-63-59(43-53(70)3)78(8,9)35-38-82(63,16)17)72-50-64-61(80(12,13)36-39-83(64,18)19)47-67(72)86(75)66-28-26-56(46-71(66)87(73)69-48-62-58(42-52(69)2)77(6,7)34-37-81(62,14)15)89-68-29-25-55(45-65(68)84(20)30-22-23-31-85(84,89)21)54-24-27-57-60(44-54)79(10,11)33-32-76(57,4)5/h24-29,40-50H,22-23,30-39H2,1-21H3. The summed E-state index contributed by atoms with van der Waals surface area (Å²) in [6.45, 7) is 52.5. The van der Waals surface area contributed by atoms with Crippen molar-refractivity contribution in [3.63, 3.8) is 0 Å². The molecular formula is C85H104BN3. The number of hydrogen-bond acceptors (Lipinski definition) is 3. The fourth-order valence-corrected chi connectivity index (χ4v) is 19.8. The van der Waals surface area contributed by atoms with Gasteiger partial charge in [0.25, 0.3) is 6.71 Å². The second-order valence-corrected chi connectivity index (χ2v) is 36.1. The molecule has 2 unspecified atom stereocenters. The van der Waals surface area contributed by atoms with Gasteiger partial charge in [-0.1, -0.05) is 179 Å². The van der Waals surface area contributed by atoms with E-state index >= 15 is 0 Å². The molecule has 89 heavy (non-hydrogen) atoms. The molecule has 0 amide bonds. The molecule has 0 saturated heterocycles. The van der Waals surface area contributed by atoms with E-state index in [1.807, 2.05) is 0 Å². The Labute approximate surface area is 538 Å². The van der Waals surface area contributed by atoms with Gasteiger partial charge in [0.05, 0.1) is 5.54 Å². The molecule has 3 aliphatic heterocycles. The first-order valence-electron chi connectivity index (χ1n) is 35.0. The highest BCUT2D eigenvalue weighted by atomic mass is 15.3. The fourth-order valence-electron chi connectivity index (χ4n) is 19.8. The molecular weight excluding hydrogens is 1070 g/mol. The number of nitrogens with zero attached hydrogens (tertiary/aromatic N) is 3. The first-order chi connectivity index (χ1) is 41.5. The summed E-state index contributed by atoms with van der Waals surface area (Å²) in [7, 11) is 0. The third kappa shape index (κ3) is 8.33. The Balaban J connectivity index is 0.998. The molecule has 0 N–H and O–H groups in total. The topological polar surface area (TPSA) is 9.72 Å². The van der Waals surface area contributed by atoms with Gasteiger partial charge in [0.1, 0.15) is 0 Å². The highest BCUT2D eigenvalue weighted by molar-refractivity contribution is 7.00. The Morgan fingerprint density at radius 3 is 1.19 bits per heavy atom. The first-order valence-corrected chi connectivity index (χ1v) is 35.0. The van der Waals surface area contributed by atoms with Crippen molar-refractivity contribution in [3.05, 3.63) is 170 Å². The minimum absolute atomic E-state index is 0.0102. The van der Waals surface area contributed by atoms with Crippen molar-refractivity contribution < 1.29 is 0 Å². The Hall–Kier alpha value is -6.00. The van der Waals surface area contributed by atoms with E-state index in [0.29, 0.717) is 0 Å². The summed E-state index contributed by atoms with van der Waals surface area (Å²) in [4.78, 5) is 8.46. The lowest BCUT2D eigenvalue weighted by Crippen LogP contribution is -2.62. The van der Waals surface area contributed by atoms with Gasteiger partial charge in [0.2, 0.25) is 0 Å². The molecule has 1 fully saturated rings. The van der Waals surface area contributed by atoms with E-state index in [4.69, 9.17) is 0 Å². The van der Waals surface area contributed by atoms with Gasteiger partial charge in [-0.05, 0) is 284 Å². The van der Waals surface area contributed by atoms with Gasteiger partial charge >= 0.3 is 0 Å². The van der Waals surface area contributed by atoms with Crippen molar-refractivity contribution in [2.45, 2.75) is 277 Å². The highest BCUT2D eigenvalue weighted by Gasteiger charge is 2.58. The van der Waals surface area contributed by atoms with Crippen LogP contribution >= 0.6 is 0 Å². The number of rotatable bonds is 4. The summed E-state index contributed by atoms with van der Waals surface area (Å²) in [6.07, 6.45) is 14.4. The minimum atomic E-state index is -0.132. The maximum atomic E-state index is 2.87. The van der Waals surface area contributed by atoms with Crippen molar-refractivity contribution in [1.82, 2.24) is 0 Å². The predicted octanol–water partition coefficient (Wildman–Crippen LogP) is 21.5. The molecule has 0 aromatic heterocycles. The van der Waals surface area contributed by atoms with E-state index in [-0.39, 0.29) is 61.0 Å². The summed E-state index contributed by atoms with van der Waals surface area (Å²) < 4.78 is 0. The predicted molar refractivity (Wildman–Crippen MR) is 384 cm³/mol. The summed E-state index contributed by atoms with van der Waals surface area (Å²) in [6, 6.07) is 44.3. The Bertz CT molecular complexity index is 4210. The molecule has 8 aliphatic rings. The second-order valence-electron chi connectivity index (χ2n) is 36.1. The van der Waals surface area contributed by atoms with Crippen molar-refractivity contribution in [3.8, 4) is 11.1 Å². The van der Waals surface area contributed by atoms with Gasteiger partial charge in [-0.25, -0.2) is 0 Å². The summed E-state index contributed by atoms with van der Waals surface area (Å²) in [5.74, 6) is 0. The molecule has 15 rings (SSSR count). The summed E-state index contributed by atoms with van der Waals surface area (Å²) in [5.41, 5.74) is 35.9. The van der Waals surface area contributed by atoms with E-state index < -0.39 is 0 Å². The maximum Gasteiger partial charge on any atom is 0.252 e. The van der Waals surface area contributed by atoms with Gasteiger partial charge in [0, 0.05) is 50.9 Å².